The van der Waals surface area contributed by atoms with Crippen LogP contribution < -0.4 is 4.74 Å². The van der Waals surface area contributed by atoms with Gasteiger partial charge in [0.05, 0.1) is 5.69 Å². The number of benzene rings is 1. The van der Waals surface area contributed by atoms with E-state index in [-0.39, 0.29) is 5.82 Å². The fourth-order valence-electron chi connectivity index (χ4n) is 1.41. The zero-order chi connectivity index (χ0) is 11.4. The van der Waals surface area contributed by atoms with E-state index in [1.807, 2.05) is 25.1 Å². The molecule has 0 aliphatic carbocycles. The van der Waals surface area contributed by atoms with E-state index in [1.165, 1.54) is 12.1 Å². The van der Waals surface area contributed by atoms with E-state index in [4.69, 9.17) is 4.74 Å². The molecule has 1 aromatic carbocycles. The molecule has 0 aliphatic heterocycles. The average Bonchev–Trinajstić information content (AvgIpc) is 2.29. The SMILES string of the molecule is Cc1cc(F)ccc1OCc1ccccn1. The standard InChI is InChI=1S/C13H12FNO/c1-10-8-11(14)5-6-13(10)16-9-12-4-2-3-7-15-12/h2-8H,9H2,1H3. The Morgan fingerprint density at radius 1 is 1.25 bits per heavy atom. The van der Waals surface area contributed by atoms with E-state index < -0.39 is 0 Å². The van der Waals surface area contributed by atoms with Crippen LogP contribution in [0.15, 0.2) is 42.6 Å². The summed E-state index contributed by atoms with van der Waals surface area (Å²) in [6.45, 7) is 2.21. The molecule has 0 N–H and O–H groups in total. The molecule has 2 nitrogen and oxygen atoms in total. The van der Waals surface area contributed by atoms with Crippen molar-refractivity contribution >= 4 is 0 Å². The van der Waals surface area contributed by atoms with Crippen molar-refractivity contribution in [3.8, 4) is 5.75 Å². The van der Waals surface area contributed by atoms with E-state index in [2.05, 4.69) is 4.98 Å². The molecule has 0 atom stereocenters. The lowest BCUT2D eigenvalue weighted by molar-refractivity contribution is 0.299. The minimum absolute atomic E-state index is 0.248. The highest BCUT2D eigenvalue weighted by Gasteiger charge is 2.01. The van der Waals surface area contributed by atoms with Gasteiger partial charge in [-0.1, -0.05) is 6.07 Å². The Morgan fingerprint density at radius 2 is 2.12 bits per heavy atom. The summed E-state index contributed by atoms with van der Waals surface area (Å²) in [4.78, 5) is 4.14. The second kappa shape index (κ2) is 4.75. The third-order valence-electron chi connectivity index (χ3n) is 2.24. The number of ether oxygens (including phenoxy) is 1. The Balaban J connectivity index is 2.05. The maximum atomic E-state index is 12.8. The molecule has 0 radical (unpaired) electrons. The van der Waals surface area contributed by atoms with Crippen LogP contribution in [0, 0.1) is 12.7 Å². The van der Waals surface area contributed by atoms with E-state index >= 15 is 0 Å². The minimum Gasteiger partial charge on any atom is -0.487 e. The fourth-order valence-corrected chi connectivity index (χ4v) is 1.41. The molecule has 0 unspecified atom stereocenters. The molecule has 1 heterocycles. The Morgan fingerprint density at radius 3 is 2.81 bits per heavy atom. The number of aromatic nitrogens is 1. The van der Waals surface area contributed by atoms with Gasteiger partial charge in [-0.15, -0.1) is 0 Å². The monoisotopic (exact) mass is 217 g/mol. The first-order valence-corrected chi connectivity index (χ1v) is 5.04. The zero-order valence-corrected chi connectivity index (χ0v) is 8.98. The average molecular weight is 217 g/mol. The van der Waals surface area contributed by atoms with Crippen LogP contribution in [0.1, 0.15) is 11.3 Å². The van der Waals surface area contributed by atoms with E-state index in [0.717, 1.165) is 11.3 Å². The Labute approximate surface area is 93.7 Å². The lowest BCUT2D eigenvalue weighted by Crippen LogP contribution is -1.99. The molecule has 16 heavy (non-hydrogen) atoms. The smallest absolute Gasteiger partial charge is 0.130 e. The van der Waals surface area contributed by atoms with Crippen LogP contribution in [0.25, 0.3) is 0 Å². The van der Waals surface area contributed by atoms with Crippen LogP contribution in [-0.4, -0.2) is 4.98 Å². The highest BCUT2D eigenvalue weighted by molar-refractivity contribution is 5.32. The number of halogens is 1. The molecule has 0 bridgehead atoms. The van der Waals surface area contributed by atoms with Crippen LogP contribution >= 0.6 is 0 Å². The predicted molar refractivity (Wildman–Crippen MR) is 59.7 cm³/mol. The Bertz CT molecular complexity index is 471. The maximum Gasteiger partial charge on any atom is 0.130 e. The molecule has 2 rings (SSSR count). The van der Waals surface area contributed by atoms with Crippen molar-refractivity contribution in [1.82, 2.24) is 4.98 Å². The fraction of sp³-hybridized carbons (Fsp3) is 0.154. The third-order valence-corrected chi connectivity index (χ3v) is 2.24. The first kappa shape index (κ1) is 10.6. The van der Waals surface area contributed by atoms with Gasteiger partial charge < -0.3 is 4.74 Å². The van der Waals surface area contributed by atoms with Crippen molar-refractivity contribution < 1.29 is 9.13 Å². The largest absolute Gasteiger partial charge is 0.487 e. The summed E-state index contributed by atoms with van der Waals surface area (Å²) in [5, 5.41) is 0. The van der Waals surface area contributed by atoms with E-state index in [1.54, 1.807) is 12.3 Å². The first-order chi connectivity index (χ1) is 7.75. The van der Waals surface area contributed by atoms with Crippen molar-refractivity contribution in [3.05, 3.63) is 59.7 Å². The lowest BCUT2D eigenvalue weighted by Gasteiger charge is -2.08. The lowest BCUT2D eigenvalue weighted by atomic mass is 10.2. The van der Waals surface area contributed by atoms with Gasteiger partial charge in [-0.05, 0) is 42.8 Å². The van der Waals surface area contributed by atoms with Crippen molar-refractivity contribution in [1.29, 1.82) is 0 Å². The Hall–Kier alpha value is -1.90. The van der Waals surface area contributed by atoms with Crippen LogP contribution in [0.2, 0.25) is 0 Å². The molecule has 0 aliphatic rings. The molecule has 2 aromatic rings. The third kappa shape index (κ3) is 2.57. The van der Waals surface area contributed by atoms with E-state index in [9.17, 15) is 4.39 Å². The van der Waals surface area contributed by atoms with Gasteiger partial charge in [0, 0.05) is 6.20 Å². The van der Waals surface area contributed by atoms with Gasteiger partial charge in [-0.25, -0.2) is 4.39 Å². The van der Waals surface area contributed by atoms with Gasteiger partial charge in [-0.3, -0.25) is 4.98 Å². The normalized spacial score (nSPS) is 10.1. The van der Waals surface area contributed by atoms with Gasteiger partial charge >= 0.3 is 0 Å². The van der Waals surface area contributed by atoms with Crippen molar-refractivity contribution in [2.24, 2.45) is 0 Å². The van der Waals surface area contributed by atoms with Crippen LogP contribution in [0.5, 0.6) is 5.75 Å². The van der Waals surface area contributed by atoms with Crippen molar-refractivity contribution in [2.45, 2.75) is 13.5 Å². The van der Waals surface area contributed by atoms with E-state index in [0.29, 0.717) is 12.4 Å². The summed E-state index contributed by atoms with van der Waals surface area (Å²) < 4.78 is 18.4. The second-order valence-electron chi connectivity index (χ2n) is 3.52. The van der Waals surface area contributed by atoms with Gasteiger partial charge in [0.15, 0.2) is 0 Å². The van der Waals surface area contributed by atoms with Crippen LogP contribution in [0.3, 0.4) is 0 Å². The molecule has 82 valence electrons. The molecule has 1 aromatic heterocycles. The summed E-state index contributed by atoms with van der Waals surface area (Å²) >= 11 is 0. The number of pyridine rings is 1. The Kier molecular flexibility index (Phi) is 3.15. The molecule has 0 saturated carbocycles. The molecule has 0 fully saturated rings. The summed E-state index contributed by atoms with van der Waals surface area (Å²) in [7, 11) is 0. The molecule has 0 saturated heterocycles. The molecular formula is C13H12FNO. The molecule has 0 amide bonds. The number of hydrogen-bond acceptors (Lipinski definition) is 2. The minimum atomic E-state index is -0.248. The number of nitrogens with zero attached hydrogens (tertiary/aromatic N) is 1. The quantitative estimate of drug-likeness (QED) is 0.788. The van der Waals surface area contributed by atoms with Gasteiger partial charge in [0.25, 0.3) is 0 Å². The highest BCUT2D eigenvalue weighted by Crippen LogP contribution is 2.19. The number of hydrogen-bond donors (Lipinski definition) is 0. The molecular weight excluding hydrogens is 205 g/mol. The van der Waals surface area contributed by atoms with Gasteiger partial charge in [0.1, 0.15) is 18.2 Å². The maximum absolute atomic E-state index is 12.8. The zero-order valence-electron chi connectivity index (χ0n) is 8.98. The van der Waals surface area contributed by atoms with Gasteiger partial charge in [0.2, 0.25) is 0 Å². The highest BCUT2D eigenvalue weighted by atomic mass is 19.1. The topological polar surface area (TPSA) is 22.1 Å². The number of rotatable bonds is 3. The van der Waals surface area contributed by atoms with Crippen molar-refractivity contribution in [2.75, 3.05) is 0 Å². The van der Waals surface area contributed by atoms with Crippen molar-refractivity contribution in [3.63, 3.8) is 0 Å². The summed E-state index contributed by atoms with van der Waals surface area (Å²) in [5.74, 6) is 0.440. The second-order valence-corrected chi connectivity index (χ2v) is 3.52. The van der Waals surface area contributed by atoms with Crippen LogP contribution in [-0.2, 0) is 6.61 Å². The predicted octanol–water partition coefficient (Wildman–Crippen LogP) is 3.11. The molecule has 0 spiro atoms. The summed E-state index contributed by atoms with van der Waals surface area (Å²) in [6, 6.07) is 10.1. The number of aryl methyl sites for hydroxylation is 1. The van der Waals surface area contributed by atoms with Gasteiger partial charge in [-0.2, -0.15) is 0 Å². The first-order valence-electron chi connectivity index (χ1n) is 5.04. The molecule has 3 heteroatoms. The summed E-state index contributed by atoms with van der Waals surface area (Å²) in [6.07, 6.45) is 1.72. The van der Waals surface area contributed by atoms with Crippen LogP contribution in [0.4, 0.5) is 4.39 Å². The summed E-state index contributed by atoms with van der Waals surface area (Å²) in [5.41, 5.74) is 1.64.